The lowest BCUT2D eigenvalue weighted by molar-refractivity contribution is -0.256. The fourth-order valence-corrected chi connectivity index (χ4v) is 11.1. The number of carboxylic acid groups (broad SMARTS) is 3. The molecule has 0 aliphatic carbocycles. The van der Waals surface area contributed by atoms with E-state index in [9.17, 15) is 35.0 Å². The number of nitrogens with zero attached hydrogens (tertiary/aromatic N) is 7. The Labute approximate surface area is 520 Å². The second kappa shape index (κ2) is 31.0. The number of aromatic nitrogens is 3. The van der Waals surface area contributed by atoms with E-state index in [2.05, 4.69) is 35.1 Å². The van der Waals surface area contributed by atoms with Crippen LogP contribution >= 0.6 is 11.8 Å². The van der Waals surface area contributed by atoms with Gasteiger partial charge in [-0.15, -0.1) is 0 Å². The molecule has 89 heavy (non-hydrogen) atoms. The minimum Gasteiger partial charge on any atom is -0.543 e. The predicted molar refractivity (Wildman–Crippen MR) is 323 cm³/mol. The Kier molecular flexibility index (Phi) is 22.8. The van der Waals surface area contributed by atoms with Gasteiger partial charge in [0.05, 0.1) is 140 Å². The highest BCUT2D eigenvalue weighted by Gasteiger charge is 2.28. The van der Waals surface area contributed by atoms with Gasteiger partial charge in [0.2, 0.25) is 0 Å². The number of thioether (sulfide) groups is 1. The molecule has 24 heteroatoms. The summed E-state index contributed by atoms with van der Waals surface area (Å²) in [6.07, 6.45) is 2.07. The maximum absolute atomic E-state index is 12.9. The van der Waals surface area contributed by atoms with Gasteiger partial charge in [-0.05, 0) is 88.5 Å². The van der Waals surface area contributed by atoms with Gasteiger partial charge in [0.25, 0.3) is 0 Å². The normalized spacial score (nSPS) is 14.0. The van der Waals surface area contributed by atoms with Crippen LogP contribution in [-0.4, -0.2) is 164 Å². The van der Waals surface area contributed by atoms with Crippen molar-refractivity contribution in [3.8, 4) is 90.5 Å². The Hall–Kier alpha value is -9.38. The first-order valence-electron chi connectivity index (χ1n) is 28.0. The Balaban J connectivity index is 1.25. The Morgan fingerprint density at radius 3 is 1.36 bits per heavy atom. The van der Waals surface area contributed by atoms with Crippen LogP contribution in [0.25, 0.3) is 33.4 Å². The number of rotatable bonds is 27. The van der Waals surface area contributed by atoms with Gasteiger partial charge in [-0.3, -0.25) is 29.7 Å². The van der Waals surface area contributed by atoms with Crippen molar-refractivity contribution >= 4 is 29.7 Å². The number of benzene rings is 4. The van der Waals surface area contributed by atoms with E-state index in [1.54, 1.807) is 48.5 Å². The van der Waals surface area contributed by atoms with Crippen LogP contribution in [0.1, 0.15) is 54.0 Å². The maximum atomic E-state index is 12.9. The lowest BCUT2D eigenvalue weighted by Gasteiger charge is -2.36. The summed E-state index contributed by atoms with van der Waals surface area (Å²) < 4.78 is 58.2. The molecule has 0 bridgehead atoms. The molecule has 7 aromatic rings. The first-order valence-corrected chi connectivity index (χ1v) is 28.8. The molecule has 1 aliphatic rings. The monoisotopic (exact) mass is 1230 g/mol. The van der Waals surface area contributed by atoms with Crippen LogP contribution in [-0.2, 0) is 30.8 Å². The Morgan fingerprint density at radius 2 is 0.944 bits per heavy atom. The van der Waals surface area contributed by atoms with Crippen molar-refractivity contribution < 1.29 is 77.1 Å². The topological polar surface area (TPSA) is 285 Å². The van der Waals surface area contributed by atoms with Crippen LogP contribution < -0.4 is 58.0 Å². The smallest absolute Gasteiger partial charge is 0.138 e. The largest absolute Gasteiger partial charge is 0.543 e. The van der Waals surface area contributed by atoms with Gasteiger partial charge in [0.15, 0.2) is 0 Å². The first kappa shape index (κ1) is 65.6. The molecule has 1 saturated heterocycles. The molecule has 0 N–H and O–H groups in total. The molecule has 0 saturated carbocycles. The number of hydrogen-bond acceptors (Lipinski definition) is 24. The molecule has 3 aromatic heterocycles. The molecule has 0 radical (unpaired) electrons. The molecule has 1 atom stereocenters. The summed E-state index contributed by atoms with van der Waals surface area (Å²) in [5.41, 5.74) is 4.04. The molecule has 0 amide bonds. The van der Waals surface area contributed by atoms with Gasteiger partial charge in [-0.25, -0.2) is 0 Å². The van der Waals surface area contributed by atoms with Crippen LogP contribution in [0.2, 0.25) is 0 Å². The molecular weight excluding hydrogens is 1170 g/mol. The highest BCUT2D eigenvalue weighted by molar-refractivity contribution is 8.03. The zero-order valence-corrected chi connectivity index (χ0v) is 51.7. The van der Waals surface area contributed by atoms with Gasteiger partial charge in [0, 0.05) is 112 Å². The van der Waals surface area contributed by atoms with E-state index in [4.69, 9.17) is 47.4 Å². The number of ether oxygens (including phenoxy) is 10. The van der Waals surface area contributed by atoms with Gasteiger partial charge in [0.1, 0.15) is 57.1 Å². The minimum absolute atomic E-state index is 0.113. The molecular formula is C65H68N7O16S-3. The van der Waals surface area contributed by atoms with Gasteiger partial charge in [-0.1, -0.05) is 12.1 Å². The van der Waals surface area contributed by atoms with E-state index in [0.717, 1.165) is 22.2 Å². The van der Waals surface area contributed by atoms with Crippen LogP contribution in [0.5, 0.6) is 51.7 Å². The summed E-state index contributed by atoms with van der Waals surface area (Å²) in [6, 6.07) is 25.5. The van der Waals surface area contributed by atoms with Crippen molar-refractivity contribution in [3.05, 3.63) is 137 Å². The van der Waals surface area contributed by atoms with Crippen LogP contribution in [0.4, 0.5) is 0 Å². The number of carbonyl (C=O) groups is 3. The molecule has 1 aliphatic heterocycles. The van der Waals surface area contributed by atoms with Gasteiger partial charge >= 0.3 is 0 Å². The lowest BCUT2D eigenvalue weighted by Crippen LogP contribution is -2.46. The number of nitriles is 1. The number of carboxylic acids is 3. The number of hydrogen-bond donors (Lipinski definition) is 0. The van der Waals surface area contributed by atoms with Gasteiger partial charge < -0.3 is 77.1 Å². The molecule has 4 aromatic carbocycles. The SMILES string of the molecule is COc1cc(OC)c(-c2cc(CN3CCN(Cc4cc(-c5c(OC)cc(OC)cc5OC)cc(C(=O)[O-])n4)CC(COCCc4ccc(SC#N)cc4)CN(Cc4cnc(C(=O)[O-])cc4-c4c(OC)cc(OC)cc4OC)CC3)nc(C(=O)[O-])c2)c(OC)c1. The third-order valence-corrected chi connectivity index (χ3v) is 15.6. The van der Waals surface area contributed by atoms with Crippen LogP contribution in [0.3, 0.4) is 0 Å². The van der Waals surface area contributed by atoms with Crippen molar-refractivity contribution in [3.63, 3.8) is 0 Å². The summed E-state index contributed by atoms with van der Waals surface area (Å²) >= 11 is 1.08. The van der Waals surface area contributed by atoms with E-state index in [0.29, 0.717) is 154 Å². The summed E-state index contributed by atoms with van der Waals surface area (Å²) in [4.78, 5) is 59.2. The average molecular weight is 1240 g/mol. The number of aromatic carboxylic acids is 3. The van der Waals surface area contributed by atoms with E-state index in [-0.39, 0.29) is 49.2 Å². The second-order valence-electron chi connectivity index (χ2n) is 20.5. The third-order valence-electron chi connectivity index (χ3n) is 15.0. The number of carbonyl (C=O) groups excluding carboxylic acids is 3. The molecule has 23 nitrogen and oxygen atoms in total. The van der Waals surface area contributed by atoms with E-state index < -0.39 is 17.9 Å². The standard InChI is InChI=1S/C65H71N7O16S/c1-79-46-24-54(82-4)60(55(25-46)83-5)41-20-44(68-52(22-41)64(75)76)35-70-15-17-71(34-43-31-67-51(63(73)74)30-50(43)62-58(86-8)28-48(81-3)29-59(62)87-9)32-40(37-88-19-14-39-10-12-49(13-11-39)89-38-66)33-72(18-16-70)36-45-21-42(23-53(69-45)65(77)78)61-56(84-6)26-47(80-2)27-57(61)85-7/h10-13,20-31,40H,14-19,32-37H2,1-9H3,(H,73,74)(H,75,76)(H,77,78)/p-3. The van der Waals surface area contributed by atoms with Crippen molar-refractivity contribution in [2.75, 3.05) is 116 Å². The second-order valence-corrected chi connectivity index (χ2v) is 21.4. The van der Waals surface area contributed by atoms with Crippen LogP contribution in [0, 0.1) is 16.6 Å². The Morgan fingerprint density at radius 1 is 0.528 bits per heavy atom. The number of thiocyanates is 1. The first-order chi connectivity index (χ1) is 43.0. The molecule has 468 valence electrons. The van der Waals surface area contributed by atoms with E-state index in [1.165, 1.54) is 88.4 Å². The predicted octanol–water partition coefficient (Wildman–Crippen LogP) is 5.31. The summed E-state index contributed by atoms with van der Waals surface area (Å²) in [5, 5.41) is 49.6. The highest BCUT2D eigenvalue weighted by Crippen LogP contribution is 2.46. The molecule has 4 heterocycles. The zero-order chi connectivity index (χ0) is 63.7. The van der Waals surface area contributed by atoms with E-state index in [1.807, 2.05) is 24.3 Å². The fourth-order valence-electron chi connectivity index (χ4n) is 10.8. The summed E-state index contributed by atoms with van der Waals surface area (Å²) in [6.45, 7) is 3.23. The fraction of sp³-hybridized carbons (Fsp3) is 0.338. The molecule has 1 unspecified atom stereocenters. The van der Waals surface area contributed by atoms with Crippen molar-refractivity contribution in [2.24, 2.45) is 5.92 Å². The molecule has 0 spiro atoms. The molecule has 1 fully saturated rings. The highest BCUT2D eigenvalue weighted by atomic mass is 32.2. The summed E-state index contributed by atoms with van der Waals surface area (Å²) in [7, 11) is 13.4. The van der Waals surface area contributed by atoms with Gasteiger partial charge in [-0.2, -0.15) is 5.26 Å². The van der Waals surface area contributed by atoms with Crippen molar-refractivity contribution in [1.29, 1.82) is 5.26 Å². The number of pyridine rings is 3. The quantitative estimate of drug-likeness (QED) is 0.0358. The maximum Gasteiger partial charge on any atom is 0.138 e. The minimum atomic E-state index is -1.51. The zero-order valence-electron chi connectivity index (χ0n) is 50.9. The van der Waals surface area contributed by atoms with Crippen molar-refractivity contribution in [1.82, 2.24) is 29.7 Å². The molecule has 8 rings (SSSR count). The summed E-state index contributed by atoms with van der Waals surface area (Å²) in [5.74, 6) is -1.35. The third kappa shape index (κ3) is 16.4. The van der Waals surface area contributed by atoms with E-state index >= 15 is 0 Å². The lowest BCUT2D eigenvalue weighted by atomic mass is 9.97. The Bertz CT molecular complexity index is 3620. The number of methoxy groups -OCH3 is 9. The van der Waals surface area contributed by atoms with Crippen molar-refractivity contribution in [2.45, 2.75) is 31.0 Å². The average Bonchev–Trinajstić information content (AvgIpc) is 1.13. The van der Waals surface area contributed by atoms with Crippen LogP contribution in [0.15, 0.2) is 102 Å².